The molecule has 0 saturated carbocycles. The molecule has 2 aromatic rings. The van der Waals surface area contributed by atoms with E-state index in [4.69, 9.17) is 0 Å². The lowest BCUT2D eigenvalue weighted by atomic mass is 9.72. The van der Waals surface area contributed by atoms with Gasteiger partial charge >= 0.3 is 0 Å². The number of rotatable bonds is 2. The third-order valence-corrected chi connectivity index (χ3v) is 5.25. The van der Waals surface area contributed by atoms with Gasteiger partial charge in [0.2, 0.25) is 11.1 Å². The number of halogens is 2. The standard InChI is InChI=1S/C18H18F2N4OS/c1-18(2)7-12-14(13(25)8-18)15(9-4-10(19)6-11(20)5-9)24-16(21-12)22-17(23-24)26-3/h4-7,14-15H,8H2,1-3H3,(H,21,22,23)/t14-,15-/m0/s1. The van der Waals surface area contributed by atoms with Crippen LogP contribution in [0.5, 0.6) is 0 Å². The van der Waals surface area contributed by atoms with Crippen molar-refractivity contribution in [2.75, 3.05) is 11.6 Å². The molecule has 0 spiro atoms. The predicted molar refractivity (Wildman–Crippen MR) is 94.9 cm³/mol. The number of nitrogens with one attached hydrogen (secondary N) is 1. The number of fused-ring (bicyclic) bond motifs is 2. The van der Waals surface area contributed by atoms with Gasteiger partial charge < -0.3 is 5.32 Å². The number of Topliss-reactive ketones (excluding diaryl/α,β-unsaturated/α-hetero) is 1. The fourth-order valence-electron chi connectivity index (χ4n) is 3.77. The molecule has 5 nitrogen and oxygen atoms in total. The second kappa shape index (κ2) is 5.90. The van der Waals surface area contributed by atoms with Crippen molar-refractivity contribution in [3.63, 3.8) is 0 Å². The van der Waals surface area contributed by atoms with E-state index in [0.717, 1.165) is 6.07 Å². The normalized spacial score (nSPS) is 23.7. The van der Waals surface area contributed by atoms with Crippen LogP contribution >= 0.6 is 11.8 Å². The van der Waals surface area contributed by atoms with Gasteiger partial charge in [-0.1, -0.05) is 31.7 Å². The third kappa shape index (κ3) is 2.82. The summed E-state index contributed by atoms with van der Waals surface area (Å²) in [6, 6.07) is 2.70. The van der Waals surface area contributed by atoms with Gasteiger partial charge in [0.15, 0.2) is 0 Å². The summed E-state index contributed by atoms with van der Waals surface area (Å²) in [7, 11) is 0. The van der Waals surface area contributed by atoms with E-state index in [9.17, 15) is 13.6 Å². The molecule has 0 amide bonds. The molecule has 1 aliphatic heterocycles. The Kier molecular flexibility index (Phi) is 3.91. The molecule has 4 rings (SSSR count). The smallest absolute Gasteiger partial charge is 0.227 e. The lowest BCUT2D eigenvalue weighted by molar-refractivity contribution is -0.125. The minimum Gasteiger partial charge on any atom is -0.328 e. The van der Waals surface area contributed by atoms with E-state index >= 15 is 0 Å². The molecule has 136 valence electrons. The molecule has 0 unspecified atom stereocenters. The Labute approximate surface area is 153 Å². The van der Waals surface area contributed by atoms with Crippen molar-refractivity contribution in [2.45, 2.75) is 31.5 Å². The Morgan fingerprint density at radius 3 is 2.62 bits per heavy atom. The van der Waals surface area contributed by atoms with E-state index in [-0.39, 0.29) is 11.2 Å². The Balaban J connectivity index is 1.94. The Morgan fingerprint density at radius 2 is 1.96 bits per heavy atom. The molecule has 0 saturated heterocycles. The molecule has 0 radical (unpaired) electrons. The first-order valence-electron chi connectivity index (χ1n) is 8.26. The zero-order valence-corrected chi connectivity index (χ0v) is 15.4. The molecule has 0 bridgehead atoms. The van der Waals surface area contributed by atoms with E-state index < -0.39 is 23.6 Å². The van der Waals surface area contributed by atoms with Crippen LogP contribution < -0.4 is 5.32 Å². The number of hydrogen-bond donors (Lipinski definition) is 1. The van der Waals surface area contributed by atoms with Crippen LogP contribution in [0.4, 0.5) is 14.7 Å². The van der Waals surface area contributed by atoms with Crippen LogP contribution in [0, 0.1) is 23.0 Å². The van der Waals surface area contributed by atoms with E-state index in [2.05, 4.69) is 15.4 Å². The number of thioether (sulfide) groups is 1. The maximum absolute atomic E-state index is 13.9. The lowest BCUT2D eigenvalue weighted by Gasteiger charge is -2.40. The summed E-state index contributed by atoms with van der Waals surface area (Å²) < 4.78 is 29.3. The van der Waals surface area contributed by atoms with E-state index in [1.807, 2.05) is 26.2 Å². The maximum Gasteiger partial charge on any atom is 0.227 e. The monoisotopic (exact) mass is 376 g/mol. The summed E-state index contributed by atoms with van der Waals surface area (Å²) in [6.45, 7) is 3.97. The van der Waals surface area contributed by atoms with Crippen LogP contribution in [-0.4, -0.2) is 26.8 Å². The Hall–Kier alpha value is -2.22. The zero-order chi connectivity index (χ0) is 18.6. The molecule has 2 atom stereocenters. The van der Waals surface area contributed by atoms with Crippen molar-refractivity contribution in [2.24, 2.45) is 11.3 Å². The topological polar surface area (TPSA) is 59.8 Å². The SMILES string of the molecule is CSc1nc2n(n1)[C@@H](c1cc(F)cc(F)c1)[C@@H]1C(=O)CC(C)(C)C=C1N2. The molecule has 1 aromatic carbocycles. The van der Waals surface area contributed by atoms with Gasteiger partial charge in [0.25, 0.3) is 0 Å². The number of benzene rings is 1. The summed E-state index contributed by atoms with van der Waals surface area (Å²) in [5.41, 5.74) is 0.790. The molecule has 26 heavy (non-hydrogen) atoms. The molecule has 1 aliphatic carbocycles. The predicted octanol–water partition coefficient (Wildman–Crippen LogP) is 3.79. The number of aromatic nitrogens is 3. The largest absolute Gasteiger partial charge is 0.328 e. The second-order valence-corrected chi connectivity index (χ2v) is 8.12. The average molecular weight is 376 g/mol. The summed E-state index contributed by atoms with van der Waals surface area (Å²) in [5, 5.41) is 8.16. The summed E-state index contributed by atoms with van der Waals surface area (Å²) >= 11 is 1.36. The fraction of sp³-hybridized carbons (Fsp3) is 0.389. The number of anilines is 1. The van der Waals surface area contributed by atoms with Crippen LogP contribution in [-0.2, 0) is 4.79 Å². The number of ketones is 1. The van der Waals surface area contributed by atoms with Crippen LogP contribution in [0.3, 0.4) is 0 Å². The maximum atomic E-state index is 13.9. The second-order valence-electron chi connectivity index (χ2n) is 7.35. The van der Waals surface area contributed by atoms with Crippen LogP contribution in [0.15, 0.2) is 35.1 Å². The van der Waals surface area contributed by atoms with E-state index in [1.165, 1.54) is 23.9 Å². The van der Waals surface area contributed by atoms with Gasteiger partial charge in [-0.2, -0.15) is 4.98 Å². The minimum atomic E-state index is -0.681. The van der Waals surface area contributed by atoms with E-state index in [1.54, 1.807) is 4.68 Å². The molecule has 2 heterocycles. The van der Waals surface area contributed by atoms with Crippen molar-refractivity contribution in [1.82, 2.24) is 14.8 Å². The van der Waals surface area contributed by atoms with Crippen LogP contribution in [0.1, 0.15) is 31.9 Å². The molecular weight excluding hydrogens is 358 g/mol. The Bertz CT molecular complexity index is 917. The summed E-state index contributed by atoms with van der Waals surface area (Å²) in [6.07, 6.45) is 4.22. The van der Waals surface area contributed by atoms with Crippen molar-refractivity contribution in [1.29, 1.82) is 0 Å². The van der Waals surface area contributed by atoms with Gasteiger partial charge in [-0.3, -0.25) is 4.79 Å². The van der Waals surface area contributed by atoms with Crippen LogP contribution in [0.2, 0.25) is 0 Å². The quantitative estimate of drug-likeness (QED) is 0.808. The van der Waals surface area contributed by atoms with Crippen molar-refractivity contribution >= 4 is 23.5 Å². The van der Waals surface area contributed by atoms with Crippen molar-refractivity contribution < 1.29 is 13.6 Å². The van der Waals surface area contributed by atoms with Gasteiger partial charge in [0.05, 0.1) is 12.0 Å². The number of allylic oxidation sites excluding steroid dienone is 2. The molecule has 2 aliphatic rings. The highest BCUT2D eigenvalue weighted by atomic mass is 32.2. The van der Waals surface area contributed by atoms with Gasteiger partial charge in [0.1, 0.15) is 17.4 Å². The molecule has 1 aromatic heterocycles. The van der Waals surface area contributed by atoms with Gasteiger partial charge in [-0.15, -0.1) is 5.10 Å². The zero-order valence-electron chi connectivity index (χ0n) is 14.6. The fourth-order valence-corrected chi connectivity index (χ4v) is 4.12. The Morgan fingerprint density at radius 1 is 1.27 bits per heavy atom. The first-order valence-corrected chi connectivity index (χ1v) is 9.49. The number of carbonyl (C=O) groups is 1. The minimum absolute atomic E-state index is 0.0153. The third-order valence-electron chi connectivity index (χ3n) is 4.71. The van der Waals surface area contributed by atoms with Gasteiger partial charge in [-0.05, 0) is 29.4 Å². The van der Waals surface area contributed by atoms with Gasteiger partial charge in [0, 0.05) is 18.2 Å². The molecular formula is C18H18F2N4OS. The first-order chi connectivity index (χ1) is 12.3. The molecule has 1 N–H and O–H groups in total. The van der Waals surface area contributed by atoms with Gasteiger partial charge in [-0.25, -0.2) is 13.5 Å². The highest BCUT2D eigenvalue weighted by molar-refractivity contribution is 7.98. The lowest BCUT2D eigenvalue weighted by Crippen LogP contribution is -2.42. The average Bonchev–Trinajstić information content (AvgIpc) is 2.93. The number of hydrogen-bond acceptors (Lipinski definition) is 5. The number of nitrogens with zero attached hydrogens (tertiary/aromatic N) is 3. The number of carbonyl (C=O) groups excluding carboxylic acids is 1. The molecule has 0 fully saturated rings. The highest BCUT2D eigenvalue weighted by Crippen LogP contribution is 2.45. The summed E-state index contributed by atoms with van der Waals surface area (Å²) in [5.74, 6) is -1.45. The van der Waals surface area contributed by atoms with E-state index in [0.29, 0.717) is 28.8 Å². The molecule has 8 heteroatoms. The first kappa shape index (κ1) is 17.2. The van der Waals surface area contributed by atoms with Crippen molar-refractivity contribution in [3.05, 3.63) is 47.2 Å². The van der Waals surface area contributed by atoms with Crippen molar-refractivity contribution in [3.8, 4) is 0 Å². The highest BCUT2D eigenvalue weighted by Gasteiger charge is 2.45. The van der Waals surface area contributed by atoms with Crippen LogP contribution in [0.25, 0.3) is 0 Å². The summed E-state index contributed by atoms with van der Waals surface area (Å²) in [4.78, 5) is 17.4.